The quantitative estimate of drug-likeness (QED) is 0.618. The molecule has 3 heterocycles. The van der Waals surface area contributed by atoms with Crippen LogP contribution in [0.5, 0.6) is 5.75 Å². The normalized spacial score (nSPS) is 21.9. The first kappa shape index (κ1) is 17.0. The topological polar surface area (TPSA) is 42.4 Å². The van der Waals surface area contributed by atoms with E-state index in [0.717, 1.165) is 41.2 Å². The number of ether oxygens (including phenoxy) is 1. The van der Waals surface area contributed by atoms with Crippen LogP contribution >= 0.6 is 22.9 Å². The molecule has 0 spiro atoms. The molecule has 0 unspecified atom stereocenters. The van der Waals surface area contributed by atoms with Gasteiger partial charge in [-0.25, -0.2) is 4.98 Å². The van der Waals surface area contributed by atoms with Gasteiger partial charge in [0.05, 0.1) is 22.2 Å². The Morgan fingerprint density at radius 2 is 2.15 bits per heavy atom. The van der Waals surface area contributed by atoms with E-state index in [1.807, 2.05) is 41.3 Å². The molecule has 0 N–H and O–H groups in total. The van der Waals surface area contributed by atoms with Crippen LogP contribution in [-0.4, -0.2) is 28.9 Å². The first-order valence-corrected chi connectivity index (χ1v) is 10.5. The number of likely N-dealkylation sites (tertiary alicyclic amines) is 1. The molecule has 1 aromatic heterocycles. The molecular formula is C21H19ClN2O2S. The van der Waals surface area contributed by atoms with Gasteiger partial charge in [-0.15, -0.1) is 11.3 Å². The zero-order valence-electron chi connectivity index (χ0n) is 14.7. The van der Waals surface area contributed by atoms with Crippen LogP contribution in [0, 0.1) is 5.92 Å². The highest BCUT2D eigenvalue weighted by Crippen LogP contribution is 2.38. The van der Waals surface area contributed by atoms with Crippen molar-refractivity contribution >= 4 is 39.1 Å². The Bertz CT molecular complexity index is 985. The lowest BCUT2D eigenvalue weighted by Crippen LogP contribution is -2.40. The van der Waals surface area contributed by atoms with E-state index < -0.39 is 0 Å². The number of nitrogens with zero attached hydrogens (tertiary/aromatic N) is 2. The molecule has 0 aliphatic carbocycles. The van der Waals surface area contributed by atoms with Crippen LogP contribution in [0.3, 0.4) is 0 Å². The van der Waals surface area contributed by atoms with Crippen molar-refractivity contribution in [2.75, 3.05) is 13.2 Å². The van der Waals surface area contributed by atoms with Crippen molar-refractivity contribution in [2.45, 2.75) is 25.3 Å². The number of fused-ring (bicyclic) bond motifs is 2. The number of amides is 1. The van der Waals surface area contributed by atoms with Crippen molar-refractivity contribution in [3.63, 3.8) is 0 Å². The summed E-state index contributed by atoms with van der Waals surface area (Å²) in [5, 5.41) is 1.72. The van der Waals surface area contributed by atoms with E-state index in [-0.39, 0.29) is 17.9 Å². The zero-order chi connectivity index (χ0) is 18.4. The smallest absolute Gasteiger partial charge is 0.230 e. The molecule has 2 aliphatic heterocycles. The maximum absolute atomic E-state index is 13.3. The van der Waals surface area contributed by atoms with Crippen molar-refractivity contribution < 1.29 is 9.53 Å². The summed E-state index contributed by atoms with van der Waals surface area (Å²) in [7, 11) is 0. The van der Waals surface area contributed by atoms with Gasteiger partial charge in [-0.3, -0.25) is 4.79 Å². The monoisotopic (exact) mass is 398 g/mol. The van der Waals surface area contributed by atoms with Crippen LogP contribution in [0.25, 0.3) is 10.2 Å². The average Bonchev–Trinajstić information content (AvgIpc) is 3.33. The van der Waals surface area contributed by atoms with Gasteiger partial charge in [0, 0.05) is 11.6 Å². The molecule has 6 heteroatoms. The highest BCUT2D eigenvalue weighted by atomic mass is 35.5. The first-order chi connectivity index (χ1) is 13.2. The summed E-state index contributed by atoms with van der Waals surface area (Å²) in [6.07, 6.45) is 2.67. The lowest BCUT2D eigenvalue weighted by atomic mass is 9.95. The summed E-state index contributed by atoms with van der Waals surface area (Å²) in [5.41, 5.74) is 2.03. The van der Waals surface area contributed by atoms with Crippen LogP contribution in [0.2, 0.25) is 5.02 Å². The van der Waals surface area contributed by atoms with Crippen molar-refractivity contribution in [1.29, 1.82) is 0 Å². The summed E-state index contributed by atoms with van der Waals surface area (Å²) >= 11 is 7.81. The minimum absolute atomic E-state index is 0.0793. The minimum Gasteiger partial charge on any atom is -0.492 e. The van der Waals surface area contributed by atoms with Gasteiger partial charge >= 0.3 is 0 Å². The highest BCUT2D eigenvalue weighted by molar-refractivity contribution is 7.18. The van der Waals surface area contributed by atoms with Gasteiger partial charge < -0.3 is 9.64 Å². The Kier molecular flexibility index (Phi) is 4.29. The molecule has 2 aliphatic rings. The predicted octanol–water partition coefficient (Wildman–Crippen LogP) is 4.86. The molecule has 2 atom stereocenters. The summed E-state index contributed by atoms with van der Waals surface area (Å²) in [5.74, 6) is 0.848. The molecule has 2 aromatic carbocycles. The van der Waals surface area contributed by atoms with Crippen molar-refractivity contribution in [3.05, 3.63) is 58.1 Å². The number of halogens is 1. The maximum atomic E-state index is 13.3. The number of aromatic nitrogens is 1. The number of benzene rings is 2. The number of carbonyl (C=O) groups is 1. The number of thiazole rings is 1. The molecule has 1 fully saturated rings. The van der Waals surface area contributed by atoms with E-state index in [2.05, 4.69) is 6.07 Å². The third-order valence-electron chi connectivity index (χ3n) is 5.41. The van der Waals surface area contributed by atoms with E-state index in [9.17, 15) is 4.79 Å². The Labute approximate surface area is 166 Å². The molecule has 3 aromatic rings. The van der Waals surface area contributed by atoms with Gasteiger partial charge in [0.1, 0.15) is 17.4 Å². The Balaban J connectivity index is 1.39. The number of hydrogen-bond acceptors (Lipinski definition) is 4. The van der Waals surface area contributed by atoms with Gasteiger partial charge in [0.25, 0.3) is 0 Å². The second kappa shape index (κ2) is 6.80. The Morgan fingerprint density at radius 3 is 3.04 bits per heavy atom. The number of rotatable bonds is 2. The lowest BCUT2D eigenvalue weighted by molar-refractivity contribution is -0.137. The van der Waals surface area contributed by atoms with Crippen LogP contribution in [-0.2, 0) is 11.2 Å². The third-order valence-corrected chi connectivity index (χ3v) is 6.78. The van der Waals surface area contributed by atoms with Crippen molar-refractivity contribution in [1.82, 2.24) is 9.88 Å². The second-order valence-electron chi connectivity index (χ2n) is 7.17. The number of para-hydroxylation sites is 1. The van der Waals surface area contributed by atoms with E-state index in [0.29, 0.717) is 18.1 Å². The third kappa shape index (κ3) is 3.09. The Hall–Kier alpha value is -2.11. The number of hydrogen-bond donors (Lipinski definition) is 0. The summed E-state index contributed by atoms with van der Waals surface area (Å²) in [6.45, 7) is 1.22. The van der Waals surface area contributed by atoms with Gasteiger partial charge in [-0.05, 0) is 55.2 Å². The molecule has 1 amide bonds. The van der Waals surface area contributed by atoms with Crippen LogP contribution < -0.4 is 4.74 Å². The maximum Gasteiger partial charge on any atom is 0.230 e. The predicted molar refractivity (Wildman–Crippen MR) is 107 cm³/mol. The lowest BCUT2D eigenvalue weighted by Gasteiger charge is -2.31. The van der Waals surface area contributed by atoms with E-state index in [4.69, 9.17) is 21.3 Å². The van der Waals surface area contributed by atoms with Crippen LogP contribution in [0.1, 0.15) is 29.5 Å². The van der Waals surface area contributed by atoms with Crippen LogP contribution in [0.4, 0.5) is 0 Å². The molecule has 0 saturated carbocycles. The molecule has 27 heavy (non-hydrogen) atoms. The van der Waals surface area contributed by atoms with E-state index >= 15 is 0 Å². The van der Waals surface area contributed by atoms with E-state index in [1.54, 1.807) is 11.3 Å². The zero-order valence-corrected chi connectivity index (χ0v) is 16.3. The summed E-state index contributed by atoms with van der Waals surface area (Å²) in [6, 6.07) is 13.9. The number of carbonyl (C=O) groups excluding carboxylic acids is 1. The molecule has 4 nitrogen and oxygen atoms in total. The highest BCUT2D eigenvalue weighted by Gasteiger charge is 2.37. The average molecular weight is 399 g/mol. The molecule has 5 rings (SSSR count). The SMILES string of the molecule is O=C([C@H]1COc2ccc(Cl)cc2C1)N1CCC[C@H]1c1nc2ccccc2s1. The summed E-state index contributed by atoms with van der Waals surface area (Å²) < 4.78 is 7.02. The minimum atomic E-state index is -0.161. The van der Waals surface area contributed by atoms with Gasteiger partial charge in [0.2, 0.25) is 5.91 Å². The van der Waals surface area contributed by atoms with Gasteiger partial charge in [-0.1, -0.05) is 23.7 Å². The van der Waals surface area contributed by atoms with Gasteiger partial charge in [0.15, 0.2) is 0 Å². The molecule has 138 valence electrons. The Morgan fingerprint density at radius 1 is 1.26 bits per heavy atom. The fraction of sp³-hybridized carbons (Fsp3) is 0.333. The fourth-order valence-corrected chi connectivity index (χ4v) is 5.39. The van der Waals surface area contributed by atoms with Crippen molar-refractivity contribution in [2.24, 2.45) is 5.92 Å². The standard InChI is InChI=1S/C21H19ClN2O2S/c22-15-7-8-18-13(11-15)10-14(12-26-18)21(25)24-9-3-5-17(24)20-23-16-4-1-2-6-19(16)27-20/h1-2,4,6-8,11,14,17H,3,5,9-10,12H2/t14-,17+/m1/s1. The molecule has 0 radical (unpaired) electrons. The largest absolute Gasteiger partial charge is 0.492 e. The molecule has 0 bridgehead atoms. The van der Waals surface area contributed by atoms with E-state index in [1.165, 1.54) is 4.70 Å². The van der Waals surface area contributed by atoms with Crippen molar-refractivity contribution in [3.8, 4) is 5.75 Å². The molecule has 1 saturated heterocycles. The van der Waals surface area contributed by atoms with Gasteiger partial charge in [-0.2, -0.15) is 0 Å². The van der Waals surface area contributed by atoms with Crippen LogP contribution in [0.15, 0.2) is 42.5 Å². The first-order valence-electron chi connectivity index (χ1n) is 9.26. The fourth-order valence-electron chi connectivity index (χ4n) is 4.08. The second-order valence-corrected chi connectivity index (χ2v) is 8.67. The summed E-state index contributed by atoms with van der Waals surface area (Å²) in [4.78, 5) is 20.1. The molecular weight excluding hydrogens is 380 g/mol.